The molecule has 1 N–H and O–H groups in total. The second-order valence-electron chi connectivity index (χ2n) is 6.31. The van der Waals surface area contributed by atoms with Crippen LogP contribution in [0.3, 0.4) is 0 Å². The van der Waals surface area contributed by atoms with E-state index in [-0.39, 0.29) is 19.6 Å². The minimum Gasteiger partial charge on any atom is -0.391 e. The highest BCUT2D eigenvalue weighted by molar-refractivity contribution is 5.60. The molecule has 3 aromatic rings. The van der Waals surface area contributed by atoms with E-state index in [1.54, 1.807) is 30.3 Å². The van der Waals surface area contributed by atoms with Gasteiger partial charge in [0.05, 0.1) is 11.3 Å². The second kappa shape index (κ2) is 9.40. The van der Waals surface area contributed by atoms with Crippen LogP contribution in [0.5, 0.6) is 0 Å². The van der Waals surface area contributed by atoms with E-state index in [0.29, 0.717) is 22.6 Å². The minimum atomic E-state index is -4.39. The van der Waals surface area contributed by atoms with Crippen molar-refractivity contribution in [2.45, 2.75) is 25.8 Å². The number of oxime groups is 1. The first-order valence-electron chi connectivity index (χ1n) is 8.94. The first-order chi connectivity index (χ1) is 14.4. The molecule has 7 nitrogen and oxygen atoms in total. The molecule has 158 valence electrons. The molecule has 10 heteroatoms. The fourth-order valence-electron chi connectivity index (χ4n) is 2.75. The zero-order chi connectivity index (χ0) is 21.6. The van der Waals surface area contributed by atoms with Gasteiger partial charge < -0.3 is 9.57 Å². The maximum atomic E-state index is 12.8. The van der Waals surface area contributed by atoms with Gasteiger partial charge >= 0.3 is 11.9 Å². The smallest absolute Gasteiger partial charge is 0.391 e. The molecule has 0 saturated carbocycles. The lowest BCUT2D eigenvalue weighted by Gasteiger charge is -2.08. The molecule has 0 aliphatic rings. The molecule has 1 aromatic heterocycles. The Hall–Kier alpha value is -3.40. The first kappa shape index (κ1) is 21.3. The van der Waals surface area contributed by atoms with Crippen molar-refractivity contribution in [3.63, 3.8) is 0 Å². The maximum absolute atomic E-state index is 12.8. The van der Waals surface area contributed by atoms with Gasteiger partial charge in [-0.1, -0.05) is 41.6 Å². The summed E-state index contributed by atoms with van der Waals surface area (Å²) in [4.78, 5) is 20.0. The zero-order valence-electron chi connectivity index (χ0n) is 16.0. The van der Waals surface area contributed by atoms with Crippen LogP contribution in [0.25, 0.3) is 5.69 Å². The molecule has 30 heavy (non-hydrogen) atoms. The Labute approximate surface area is 169 Å². The van der Waals surface area contributed by atoms with Crippen LogP contribution in [-0.4, -0.2) is 28.1 Å². The Kier molecular flexibility index (Phi) is 6.68. The van der Waals surface area contributed by atoms with Crippen molar-refractivity contribution in [3.05, 3.63) is 81.5 Å². The number of alkyl halides is 3. The number of halogens is 3. The number of H-pyrrole nitrogens is 1. The van der Waals surface area contributed by atoms with Crippen LogP contribution in [0.15, 0.2) is 58.5 Å². The summed E-state index contributed by atoms with van der Waals surface area (Å²) in [7, 11) is 1.50. The number of para-hydroxylation sites is 1. The standard InChI is InChI=1S/C20H19F3N4O3/c1-29-13-18-25-19(28)27(26-18)17-8-3-2-6-15(17)12-30-24-10-9-14-5-4-7-16(11-14)20(21,22)23/h2-8,10-11H,9,12-13H2,1H3,(H,25,26,28)/b24-10+. The van der Waals surface area contributed by atoms with Gasteiger partial charge in [-0.05, 0) is 17.7 Å². The van der Waals surface area contributed by atoms with E-state index in [1.807, 2.05) is 0 Å². The van der Waals surface area contributed by atoms with Crippen LogP contribution in [-0.2, 0) is 35.4 Å². The number of nitrogens with zero attached hydrogens (tertiary/aromatic N) is 3. The van der Waals surface area contributed by atoms with Gasteiger partial charge in [0, 0.05) is 25.3 Å². The summed E-state index contributed by atoms with van der Waals surface area (Å²) in [6.07, 6.45) is -2.82. The van der Waals surface area contributed by atoms with Crippen molar-refractivity contribution in [3.8, 4) is 5.69 Å². The molecule has 0 atom stereocenters. The van der Waals surface area contributed by atoms with E-state index in [0.717, 1.165) is 12.1 Å². The zero-order valence-corrected chi connectivity index (χ0v) is 16.0. The van der Waals surface area contributed by atoms with Crippen molar-refractivity contribution >= 4 is 6.21 Å². The lowest BCUT2D eigenvalue weighted by molar-refractivity contribution is -0.137. The van der Waals surface area contributed by atoms with Crippen molar-refractivity contribution < 1.29 is 22.7 Å². The van der Waals surface area contributed by atoms with Gasteiger partial charge in [-0.2, -0.15) is 17.9 Å². The molecular formula is C20H19F3N4O3. The molecule has 0 aliphatic carbocycles. The largest absolute Gasteiger partial charge is 0.416 e. The summed E-state index contributed by atoms with van der Waals surface area (Å²) >= 11 is 0. The Balaban J connectivity index is 1.64. The molecule has 0 bridgehead atoms. The number of ether oxygens (including phenoxy) is 1. The van der Waals surface area contributed by atoms with Crippen LogP contribution in [0.4, 0.5) is 13.2 Å². The Morgan fingerprint density at radius 3 is 2.73 bits per heavy atom. The van der Waals surface area contributed by atoms with E-state index >= 15 is 0 Å². The lowest BCUT2D eigenvalue weighted by Crippen LogP contribution is -2.17. The van der Waals surface area contributed by atoms with Crippen LogP contribution < -0.4 is 5.69 Å². The van der Waals surface area contributed by atoms with E-state index < -0.39 is 17.4 Å². The van der Waals surface area contributed by atoms with E-state index in [9.17, 15) is 18.0 Å². The van der Waals surface area contributed by atoms with Gasteiger partial charge in [-0.25, -0.2) is 4.79 Å². The van der Waals surface area contributed by atoms with Crippen LogP contribution >= 0.6 is 0 Å². The minimum absolute atomic E-state index is 0.0498. The van der Waals surface area contributed by atoms with Gasteiger partial charge in [0.1, 0.15) is 13.2 Å². The molecule has 0 unspecified atom stereocenters. The SMILES string of the molecule is COCc1nn(-c2ccccc2CO/N=C/Cc2cccc(C(F)(F)F)c2)c(=O)[nH]1. The topological polar surface area (TPSA) is 81.5 Å². The molecular weight excluding hydrogens is 401 g/mol. The first-order valence-corrected chi connectivity index (χ1v) is 8.94. The molecule has 0 saturated heterocycles. The highest BCUT2D eigenvalue weighted by Gasteiger charge is 2.30. The summed E-state index contributed by atoms with van der Waals surface area (Å²) in [6, 6.07) is 12.0. The van der Waals surface area contributed by atoms with Gasteiger partial charge in [0.2, 0.25) is 0 Å². The summed E-state index contributed by atoms with van der Waals surface area (Å²) in [5.74, 6) is 0.386. The summed E-state index contributed by atoms with van der Waals surface area (Å²) in [5.41, 5.74) is 0.523. The summed E-state index contributed by atoms with van der Waals surface area (Å²) < 4.78 is 44.4. The number of nitrogens with one attached hydrogen (secondary N) is 1. The van der Waals surface area contributed by atoms with E-state index in [2.05, 4.69) is 15.2 Å². The van der Waals surface area contributed by atoms with Gasteiger partial charge in [-0.15, -0.1) is 5.10 Å². The average Bonchev–Trinajstić information content (AvgIpc) is 3.08. The maximum Gasteiger partial charge on any atom is 0.416 e. The predicted molar refractivity (Wildman–Crippen MR) is 103 cm³/mol. The van der Waals surface area contributed by atoms with Crippen LogP contribution in [0.1, 0.15) is 22.5 Å². The van der Waals surface area contributed by atoms with Crippen LogP contribution in [0.2, 0.25) is 0 Å². The fraction of sp³-hybridized carbons (Fsp3) is 0.250. The number of aromatic amines is 1. The van der Waals surface area contributed by atoms with Crippen molar-refractivity contribution in [2.24, 2.45) is 5.16 Å². The molecule has 0 fully saturated rings. The highest BCUT2D eigenvalue weighted by Crippen LogP contribution is 2.29. The molecule has 0 aliphatic heterocycles. The molecule has 3 rings (SSSR count). The van der Waals surface area contributed by atoms with Gasteiger partial charge in [0.15, 0.2) is 5.82 Å². The third kappa shape index (κ3) is 5.35. The normalized spacial score (nSPS) is 11.9. The van der Waals surface area contributed by atoms with Crippen LogP contribution in [0, 0.1) is 0 Å². The number of benzene rings is 2. The summed E-state index contributed by atoms with van der Waals surface area (Å²) in [6.45, 7) is 0.217. The lowest BCUT2D eigenvalue weighted by atomic mass is 10.1. The van der Waals surface area contributed by atoms with E-state index in [4.69, 9.17) is 9.57 Å². The predicted octanol–water partition coefficient (Wildman–Crippen LogP) is 3.47. The number of methoxy groups -OCH3 is 1. The number of rotatable bonds is 8. The fourth-order valence-corrected chi connectivity index (χ4v) is 2.75. The Morgan fingerprint density at radius 1 is 1.17 bits per heavy atom. The highest BCUT2D eigenvalue weighted by atomic mass is 19.4. The third-order valence-corrected chi connectivity index (χ3v) is 4.12. The molecule has 0 spiro atoms. The van der Waals surface area contributed by atoms with Crippen molar-refractivity contribution in [1.29, 1.82) is 0 Å². The summed E-state index contributed by atoms with van der Waals surface area (Å²) in [5, 5.41) is 7.98. The van der Waals surface area contributed by atoms with Crippen molar-refractivity contribution in [2.75, 3.05) is 7.11 Å². The second-order valence-corrected chi connectivity index (χ2v) is 6.31. The quantitative estimate of drug-likeness (QED) is 0.447. The van der Waals surface area contributed by atoms with E-state index in [1.165, 1.54) is 24.1 Å². The molecule has 2 aromatic carbocycles. The Morgan fingerprint density at radius 2 is 1.97 bits per heavy atom. The number of hydrogen-bond donors (Lipinski definition) is 1. The average molecular weight is 420 g/mol. The molecule has 0 amide bonds. The van der Waals surface area contributed by atoms with Crippen molar-refractivity contribution in [1.82, 2.24) is 14.8 Å². The number of aromatic nitrogens is 3. The van der Waals surface area contributed by atoms with Gasteiger partial charge in [0.25, 0.3) is 0 Å². The Bertz CT molecular complexity index is 1070. The van der Waals surface area contributed by atoms with Gasteiger partial charge in [-0.3, -0.25) is 4.98 Å². The monoisotopic (exact) mass is 420 g/mol. The number of hydrogen-bond acceptors (Lipinski definition) is 5. The molecule has 1 heterocycles. The third-order valence-electron chi connectivity index (χ3n) is 4.12. The molecule has 0 radical (unpaired) electrons.